The van der Waals surface area contributed by atoms with Gasteiger partial charge < -0.3 is 14.8 Å². The van der Waals surface area contributed by atoms with E-state index in [1.54, 1.807) is 54.6 Å². The summed E-state index contributed by atoms with van der Waals surface area (Å²) in [5.74, 6) is -0.483. The fraction of sp³-hybridized carbons (Fsp3) is 0.120. The van der Waals surface area contributed by atoms with Gasteiger partial charge in [0.2, 0.25) is 0 Å². The number of carbonyl (C=O) groups excluding carboxylic acids is 2. The van der Waals surface area contributed by atoms with Gasteiger partial charge >= 0.3 is 0 Å². The van der Waals surface area contributed by atoms with E-state index in [4.69, 9.17) is 21.1 Å². The third kappa shape index (κ3) is 4.98. The normalized spacial score (nSPS) is 15.5. The van der Waals surface area contributed by atoms with Gasteiger partial charge in [-0.1, -0.05) is 41.9 Å². The number of halogens is 1. The summed E-state index contributed by atoms with van der Waals surface area (Å²) in [5, 5.41) is 3.07. The Bertz CT molecular complexity index is 1410. The van der Waals surface area contributed by atoms with Crippen molar-refractivity contribution in [3.8, 4) is 11.5 Å². The summed E-state index contributed by atoms with van der Waals surface area (Å²) in [5.41, 5.74) is 1.35. The maximum absolute atomic E-state index is 12.8. The minimum Gasteiger partial charge on any atom is -0.493 e. The van der Waals surface area contributed by atoms with Crippen LogP contribution in [0.15, 0.2) is 77.2 Å². The first kappa shape index (κ1) is 23.5. The number of para-hydroxylation sites is 1. The maximum atomic E-state index is 12.8. The molecule has 0 spiro atoms. The van der Waals surface area contributed by atoms with Crippen molar-refractivity contribution in [2.45, 2.75) is 4.90 Å². The SMILES string of the molecule is COc1cc(C=C2CS(=O)(=O)c3ccccc3C2=O)ccc1OCC(=O)Nc1ccccc1Cl. The molecule has 3 aromatic rings. The Labute approximate surface area is 201 Å². The average molecular weight is 498 g/mol. The van der Waals surface area contributed by atoms with Crippen LogP contribution in [0.3, 0.4) is 0 Å². The van der Waals surface area contributed by atoms with E-state index in [1.165, 1.54) is 25.3 Å². The summed E-state index contributed by atoms with van der Waals surface area (Å²) in [6, 6.07) is 17.9. The fourth-order valence-electron chi connectivity index (χ4n) is 3.54. The van der Waals surface area contributed by atoms with Gasteiger partial charge in [0.1, 0.15) is 0 Å². The highest BCUT2D eigenvalue weighted by Gasteiger charge is 2.32. The number of carbonyl (C=O) groups is 2. The zero-order valence-electron chi connectivity index (χ0n) is 18.1. The Morgan fingerprint density at radius 2 is 1.79 bits per heavy atom. The fourth-order valence-corrected chi connectivity index (χ4v) is 5.28. The highest BCUT2D eigenvalue weighted by atomic mass is 35.5. The van der Waals surface area contributed by atoms with Gasteiger partial charge in [0.25, 0.3) is 5.91 Å². The van der Waals surface area contributed by atoms with Crippen LogP contribution in [-0.2, 0) is 14.6 Å². The van der Waals surface area contributed by atoms with Crippen LogP contribution < -0.4 is 14.8 Å². The molecule has 0 saturated carbocycles. The molecule has 0 bridgehead atoms. The van der Waals surface area contributed by atoms with Crippen molar-refractivity contribution in [1.29, 1.82) is 0 Å². The molecule has 3 aromatic carbocycles. The lowest BCUT2D eigenvalue weighted by molar-refractivity contribution is -0.118. The summed E-state index contributed by atoms with van der Waals surface area (Å²) in [4.78, 5) is 25.1. The highest BCUT2D eigenvalue weighted by Crippen LogP contribution is 2.32. The van der Waals surface area contributed by atoms with Gasteiger partial charge in [-0.05, 0) is 48.0 Å². The predicted molar refractivity (Wildman–Crippen MR) is 129 cm³/mol. The Morgan fingerprint density at radius 1 is 1.06 bits per heavy atom. The molecule has 1 heterocycles. The Morgan fingerprint density at radius 3 is 2.56 bits per heavy atom. The van der Waals surface area contributed by atoms with E-state index >= 15 is 0 Å². The zero-order chi connectivity index (χ0) is 24.3. The number of benzene rings is 3. The van der Waals surface area contributed by atoms with Crippen molar-refractivity contribution in [2.75, 3.05) is 24.8 Å². The Balaban J connectivity index is 1.51. The van der Waals surface area contributed by atoms with Gasteiger partial charge in [0, 0.05) is 11.1 Å². The van der Waals surface area contributed by atoms with Crippen LogP contribution in [0.5, 0.6) is 11.5 Å². The molecule has 1 aliphatic rings. The molecule has 1 aliphatic heterocycles. The van der Waals surface area contributed by atoms with Crippen molar-refractivity contribution in [1.82, 2.24) is 0 Å². The number of hydrogen-bond acceptors (Lipinski definition) is 6. The third-order valence-electron chi connectivity index (χ3n) is 5.14. The smallest absolute Gasteiger partial charge is 0.262 e. The molecule has 0 saturated heterocycles. The number of hydrogen-bond donors (Lipinski definition) is 1. The van der Waals surface area contributed by atoms with Crippen molar-refractivity contribution < 1.29 is 27.5 Å². The van der Waals surface area contributed by atoms with E-state index in [0.29, 0.717) is 27.8 Å². The number of Topliss-reactive ketones (excluding diaryl/α,β-unsaturated/α-hetero) is 1. The number of ketones is 1. The standard InChI is InChI=1S/C25H20ClNO6S/c1-32-22-13-16(12-17-15-34(30,31)23-9-5-2-6-18(23)25(17)29)10-11-21(22)33-14-24(28)27-20-8-4-3-7-19(20)26/h2-13H,14-15H2,1H3,(H,27,28). The average Bonchev–Trinajstić information content (AvgIpc) is 2.83. The van der Waals surface area contributed by atoms with Gasteiger partial charge in [-0.25, -0.2) is 8.42 Å². The van der Waals surface area contributed by atoms with Crippen molar-refractivity contribution in [2.24, 2.45) is 0 Å². The zero-order valence-corrected chi connectivity index (χ0v) is 19.7. The number of rotatable bonds is 6. The second kappa shape index (κ2) is 9.70. The number of fused-ring (bicyclic) bond motifs is 1. The molecule has 0 aromatic heterocycles. The molecule has 9 heteroatoms. The summed E-state index contributed by atoms with van der Waals surface area (Å²) in [6.45, 7) is -0.282. The molecular weight excluding hydrogens is 478 g/mol. The molecule has 0 aliphatic carbocycles. The number of sulfone groups is 1. The number of anilines is 1. The van der Waals surface area contributed by atoms with E-state index < -0.39 is 15.7 Å². The van der Waals surface area contributed by atoms with Crippen LogP contribution in [0.1, 0.15) is 15.9 Å². The molecule has 0 fully saturated rings. The van der Waals surface area contributed by atoms with E-state index in [-0.39, 0.29) is 34.2 Å². The predicted octanol–water partition coefficient (Wildman–Crippen LogP) is 4.42. The van der Waals surface area contributed by atoms with E-state index in [0.717, 1.165) is 0 Å². The van der Waals surface area contributed by atoms with Gasteiger partial charge in [-0.15, -0.1) is 0 Å². The largest absolute Gasteiger partial charge is 0.493 e. The van der Waals surface area contributed by atoms with Gasteiger partial charge in [-0.2, -0.15) is 0 Å². The van der Waals surface area contributed by atoms with Gasteiger partial charge in [0.05, 0.1) is 28.5 Å². The lowest BCUT2D eigenvalue weighted by Crippen LogP contribution is -2.24. The Hall–Kier alpha value is -3.62. The molecule has 174 valence electrons. The van der Waals surface area contributed by atoms with Crippen molar-refractivity contribution >= 4 is 44.9 Å². The Kier molecular flexibility index (Phi) is 6.72. The molecule has 34 heavy (non-hydrogen) atoms. The van der Waals surface area contributed by atoms with E-state index in [1.807, 2.05) is 0 Å². The summed E-state index contributed by atoms with van der Waals surface area (Å²) >= 11 is 6.04. The van der Waals surface area contributed by atoms with Crippen LogP contribution in [0.4, 0.5) is 5.69 Å². The number of methoxy groups -OCH3 is 1. The number of amides is 1. The molecule has 0 radical (unpaired) electrons. The molecule has 4 rings (SSSR count). The van der Waals surface area contributed by atoms with Crippen molar-refractivity contribution in [3.05, 3.63) is 88.5 Å². The summed E-state index contributed by atoms with van der Waals surface area (Å²) in [7, 11) is -2.17. The summed E-state index contributed by atoms with van der Waals surface area (Å²) < 4.78 is 36.2. The number of ether oxygens (including phenoxy) is 2. The molecule has 1 N–H and O–H groups in total. The monoisotopic (exact) mass is 497 g/mol. The topological polar surface area (TPSA) is 98.8 Å². The first-order valence-electron chi connectivity index (χ1n) is 10.2. The maximum Gasteiger partial charge on any atom is 0.262 e. The highest BCUT2D eigenvalue weighted by molar-refractivity contribution is 7.91. The molecule has 0 atom stereocenters. The summed E-state index contributed by atoms with van der Waals surface area (Å²) in [6.07, 6.45) is 1.52. The van der Waals surface area contributed by atoms with Crippen LogP contribution in [0.2, 0.25) is 5.02 Å². The first-order valence-corrected chi connectivity index (χ1v) is 12.2. The lowest BCUT2D eigenvalue weighted by atomic mass is 10.0. The van der Waals surface area contributed by atoms with Gasteiger partial charge in [-0.3, -0.25) is 9.59 Å². The molecule has 0 unspecified atom stereocenters. The second-order valence-electron chi connectivity index (χ2n) is 7.48. The first-order chi connectivity index (χ1) is 16.3. The van der Waals surface area contributed by atoms with Crippen LogP contribution in [-0.4, -0.2) is 39.6 Å². The van der Waals surface area contributed by atoms with E-state index in [2.05, 4.69) is 5.32 Å². The minimum atomic E-state index is -3.61. The molecular formula is C25H20ClNO6S. The van der Waals surface area contributed by atoms with Gasteiger partial charge in [0.15, 0.2) is 33.7 Å². The molecule has 1 amide bonds. The second-order valence-corrected chi connectivity index (χ2v) is 9.85. The van der Waals surface area contributed by atoms with Crippen LogP contribution in [0.25, 0.3) is 6.08 Å². The molecule has 7 nitrogen and oxygen atoms in total. The van der Waals surface area contributed by atoms with E-state index in [9.17, 15) is 18.0 Å². The lowest BCUT2D eigenvalue weighted by Gasteiger charge is -2.18. The van der Waals surface area contributed by atoms with Crippen LogP contribution in [0, 0.1) is 0 Å². The third-order valence-corrected chi connectivity index (χ3v) is 7.19. The van der Waals surface area contributed by atoms with Crippen LogP contribution >= 0.6 is 11.6 Å². The van der Waals surface area contributed by atoms with Crippen molar-refractivity contribution in [3.63, 3.8) is 0 Å². The quantitative estimate of drug-likeness (QED) is 0.506. The number of nitrogens with one attached hydrogen (secondary N) is 1. The minimum absolute atomic E-state index is 0.0496.